The van der Waals surface area contributed by atoms with Crippen LogP contribution in [0.4, 0.5) is 0 Å². The van der Waals surface area contributed by atoms with E-state index in [1.807, 2.05) is 0 Å². The number of aromatic nitrogens is 1. The third-order valence-corrected chi connectivity index (χ3v) is 10.1. The number of carbonyl (C=O) groups excluding carboxylic acids is 1. The van der Waals surface area contributed by atoms with E-state index >= 15 is 0 Å². The third kappa shape index (κ3) is 4.61. The van der Waals surface area contributed by atoms with Crippen LogP contribution in [0.5, 0.6) is 11.5 Å². The molecule has 180 valence electrons. The Kier molecular flexibility index (Phi) is 7.35. The molecule has 1 unspecified atom stereocenters. The minimum Gasteiger partial charge on any atom is -0.493 e. The van der Waals surface area contributed by atoms with Gasteiger partial charge in [0, 0.05) is 18.7 Å². The van der Waals surface area contributed by atoms with Gasteiger partial charge >= 0.3 is 0 Å². The Balaban J connectivity index is 1.78. The summed E-state index contributed by atoms with van der Waals surface area (Å²) in [5.74, 6) is 3.13. The molecule has 2 aromatic heterocycles. The molecule has 1 aromatic carbocycles. The second kappa shape index (κ2) is 10.1. The highest BCUT2D eigenvalue weighted by molar-refractivity contribution is 7.91. The molecule has 0 saturated carbocycles. The zero-order chi connectivity index (χ0) is 24.5. The molecule has 1 aliphatic rings. The quantitative estimate of drug-likeness (QED) is 0.445. The van der Waals surface area contributed by atoms with Gasteiger partial charge in [0.15, 0.2) is 16.3 Å². The van der Waals surface area contributed by atoms with Crippen LogP contribution in [0, 0.1) is 12.3 Å². The number of nitrogens with zero attached hydrogens (tertiary/aromatic N) is 3. The van der Waals surface area contributed by atoms with Crippen molar-refractivity contribution in [2.45, 2.75) is 36.1 Å². The monoisotopic (exact) mass is 539 g/mol. The molecular formula is C22H22ClN3O5S3. The Morgan fingerprint density at radius 1 is 1.24 bits per heavy atom. The minimum absolute atomic E-state index is 0.112. The number of halogens is 1. The number of methoxy groups -OCH3 is 2. The van der Waals surface area contributed by atoms with Gasteiger partial charge in [-0.05, 0) is 25.0 Å². The van der Waals surface area contributed by atoms with E-state index in [1.54, 1.807) is 23.8 Å². The molecule has 0 bridgehead atoms. The summed E-state index contributed by atoms with van der Waals surface area (Å²) in [4.78, 5) is 18.1. The summed E-state index contributed by atoms with van der Waals surface area (Å²) in [6, 6.07) is 5.68. The second-order valence-corrected chi connectivity index (χ2v) is 12.3. The van der Waals surface area contributed by atoms with Crippen molar-refractivity contribution >= 4 is 60.4 Å². The van der Waals surface area contributed by atoms with Crippen molar-refractivity contribution in [1.29, 1.82) is 0 Å². The van der Waals surface area contributed by atoms with Gasteiger partial charge in [-0.2, -0.15) is 9.30 Å². The number of ether oxygens (including phenoxy) is 2. The molecule has 0 radical (unpaired) electrons. The molecule has 0 N–H and O–H groups in total. The fourth-order valence-electron chi connectivity index (χ4n) is 3.89. The van der Waals surface area contributed by atoms with E-state index < -0.39 is 22.0 Å². The van der Waals surface area contributed by atoms with E-state index in [9.17, 15) is 13.2 Å². The van der Waals surface area contributed by atoms with Crippen LogP contribution in [0.25, 0.3) is 10.2 Å². The normalized spacial score (nSPS) is 17.6. The highest BCUT2D eigenvalue weighted by Crippen LogP contribution is 2.34. The number of benzene rings is 1. The SMILES string of the molecule is C#CCn1c(=NC(=O)C2CCCCN2S(=O)(=O)c2ccc(Cl)s2)sc2cc(OC)c(OC)cc21. The Morgan fingerprint density at radius 3 is 2.62 bits per heavy atom. The molecule has 12 heteroatoms. The standard InChI is InChI=1S/C22H22ClN3O5S3/c1-4-10-25-15-12-16(30-2)17(31-3)13-18(15)32-22(25)24-21(27)14-7-5-6-11-26(14)34(28,29)20-9-8-19(23)33-20/h1,8-9,12-14H,5-7,10-11H2,2-3H3. The molecule has 0 aliphatic carbocycles. The highest BCUT2D eigenvalue weighted by Gasteiger charge is 2.38. The van der Waals surface area contributed by atoms with Gasteiger partial charge < -0.3 is 14.0 Å². The van der Waals surface area contributed by atoms with E-state index in [0.717, 1.165) is 28.0 Å². The number of carbonyl (C=O) groups is 1. The van der Waals surface area contributed by atoms with Crippen LogP contribution in [-0.4, -0.2) is 50.0 Å². The van der Waals surface area contributed by atoms with Crippen LogP contribution in [0.15, 0.2) is 33.5 Å². The van der Waals surface area contributed by atoms with Gasteiger partial charge in [-0.15, -0.1) is 17.8 Å². The first-order valence-corrected chi connectivity index (χ1v) is 13.8. The Labute approximate surface area is 210 Å². The zero-order valence-electron chi connectivity index (χ0n) is 18.5. The first-order valence-electron chi connectivity index (χ1n) is 10.3. The van der Waals surface area contributed by atoms with Crippen molar-refractivity contribution in [3.05, 3.63) is 33.4 Å². The topological polar surface area (TPSA) is 90.2 Å². The Bertz CT molecular complexity index is 1450. The average molecular weight is 540 g/mol. The van der Waals surface area contributed by atoms with Crippen LogP contribution in [0.1, 0.15) is 19.3 Å². The van der Waals surface area contributed by atoms with Crippen molar-refractivity contribution in [1.82, 2.24) is 8.87 Å². The van der Waals surface area contributed by atoms with Crippen LogP contribution < -0.4 is 14.3 Å². The number of hydrogen-bond donors (Lipinski definition) is 0. The summed E-state index contributed by atoms with van der Waals surface area (Å²) in [5, 5.41) is 0. The maximum Gasteiger partial charge on any atom is 0.266 e. The number of amides is 1. The lowest BCUT2D eigenvalue weighted by Crippen LogP contribution is -2.47. The fraction of sp³-hybridized carbons (Fsp3) is 0.364. The van der Waals surface area contributed by atoms with Crippen molar-refractivity contribution in [3.8, 4) is 23.8 Å². The minimum atomic E-state index is -3.87. The number of piperidine rings is 1. The molecule has 1 aliphatic heterocycles. The number of hydrogen-bond acceptors (Lipinski definition) is 7. The van der Waals surface area contributed by atoms with Crippen LogP contribution in [-0.2, 0) is 21.4 Å². The summed E-state index contributed by atoms with van der Waals surface area (Å²) < 4.78 is 41.5. The number of terminal acetylenes is 1. The van der Waals surface area contributed by atoms with Crippen LogP contribution >= 0.6 is 34.3 Å². The highest BCUT2D eigenvalue weighted by atomic mass is 35.5. The van der Waals surface area contributed by atoms with Gasteiger partial charge in [-0.25, -0.2) is 8.42 Å². The van der Waals surface area contributed by atoms with E-state index in [0.29, 0.717) is 33.5 Å². The first-order chi connectivity index (χ1) is 16.3. The van der Waals surface area contributed by atoms with E-state index in [2.05, 4.69) is 10.9 Å². The molecule has 1 amide bonds. The fourth-order valence-corrected chi connectivity index (χ4v) is 8.19. The lowest BCUT2D eigenvalue weighted by molar-refractivity contribution is -0.122. The Hall–Kier alpha value is -2.36. The molecule has 34 heavy (non-hydrogen) atoms. The van der Waals surface area contributed by atoms with Gasteiger partial charge in [-0.3, -0.25) is 4.79 Å². The molecule has 0 spiro atoms. The number of sulfonamides is 1. The van der Waals surface area contributed by atoms with E-state index in [1.165, 1.54) is 34.9 Å². The van der Waals surface area contributed by atoms with E-state index in [-0.39, 0.29) is 17.3 Å². The van der Waals surface area contributed by atoms with Crippen molar-refractivity contribution < 1.29 is 22.7 Å². The van der Waals surface area contributed by atoms with Crippen molar-refractivity contribution in [3.63, 3.8) is 0 Å². The average Bonchev–Trinajstić information content (AvgIpc) is 3.42. The summed E-state index contributed by atoms with van der Waals surface area (Å²) in [5.41, 5.74) is 0.744. The predicted molar refractivity (Wildman–Crippen MR) is 133 cm³/mol. The number of thiophene rings is 1. The molecule has 3 aromatic rings. The molecule has 3 heterocycles. The zero-order valence-corrected chi connectivity index (χ0v) is 21.7. The first kappa shape index (κ1) is 24.8. The lowest BCUT2D eigenvalue weighted by atomic mass is 10.0. The van der Waals surface area contributed by atoms with Crippen LogP contribution in [0.2, 0.25) is 4.34 Å². The number of rotatable bonds is 6. The van der Waals surface area contributed by atoms with E-state index in [4.69, 9.17) is 27.5 Å². The van der Waals surface area contributed by atoms with Crippen molar-refractivity contribution in [2.24, 2.45) is 4.99 Å². The smallest absolute Gasteiger partial charge is 0.266 e. The van der Waals surface area contributed by atoms with Gasteiger partial charge in [0.2, 0.25) is 0 Å². The summed E-state index contributed by atoms with van der Waals surface area (Å²) in [7, 11) is -0.794. The molecule has 8 nitrogen and oxygen atoms in total. The molecule has 1 saturated heterocycles. The molecule has 1 atom stereocenters. The predicted octanol–water partition coefficient (Wildman–Crippen LogP) is 3.74. The van der Waals surface area contributed by atoms with Gasteiger partial charge in [0.1, 0.15) is 10.3 Å². The van der Waals surface area contributed by atoms with Gasteiger partial charge in [-0.1, -0.05) is 35.3 Å². The largest absolute Gasteiger partial charge is 0.493 e. The summed E-state index contributed by atoms with van der Waals surface area (Å²) in [6.07, 6.45) is 7.37. The molecule has 4 rings (SSSR count). The number of fused-ring (bicyclic) bond motifs is 1. The summed E-state index contributed by atoms with van der Waals surface area (Å²) in [6.45, 7) is 0.427. The number of thiazole rings is 1. The Morgan fingerprint density at radius 2 is 1.97 bits per heavy atom. The van der Waals surface area contributed by atoms with Gasteiger partial charge in [0.05, 0.1) is 35.3 Å². The molecule has 1 fully saturated rings. The second-order valence-electron chi connectivity index (χ2n) is 7.49. The lowest BCUT2D eigenvalue weighted by Gasteiger charge is -2.31. The van der Waals surface area contributed by atoms with Crippen LogP contribution in [0.3, 0.4) is 0 Å². The third-order valence-electron chi connectivity index (χ3n) is 5.49. The maximum absolute atomic E-state index is 13.3. The van der Waals surface area contributed by atoms with Gasteiger partial charge in [0.25, 0.3) is 15.9 Å². The maximum atomic E-state index is 13.3. The molecular weight excluding hydrogens is 518 g/mol. The van der Waals surface area contributed by atoms with Crippen molar-refractivity contribution in [2.75, 3.05) is 20.8 Å². The summed E-state index contributed by atoms with van der Waals surface area (Å²) >= 11 is 8.20.